The van der Waals surface area contributed by atoms with Gasteiger partial charge in [0.05, 0.1) is 6.54 Å². The number of aliphatic carboxylic acids is 2. The number of carbonyl (C=O) groups is 3. The number of carbonyl (C=O) groups excluding carboxylic acids is 1. The highest BCUT2D eigenvalue weighted by atomic mass is 16.4. The Morgan fingerprint density at radius 3 is 2.48 bits per heavy atom. The second kappa shape index (κ2) is 7.32. The average Bonchev–Trinajstić information content (AvgIpc) is 2.78. The Hall–Kier alpha value is -2.51. The van der Waals surface area contributed by atoms with E-state index < -0.39 is 24.0 Å². The van der Waals surface area contributed by atoms with Crippen LogP contribution >= 0.6 is 0 Å². The molecule has 116 valence electrons. The van der Waals surface area contributed by atoms with Gasteiger partial charge >= 0.3 is 18.0 Å². The fourth-order valence-corrected chi connectivity index (χ4v) is 1.66. The molecule has 8 heteroatoms. The van der Waals surface area contributed by atoms with E-state index in [2.05, 4.69) is 5.32 Å². The number of hydrogen-bond donors (Lipinski definition) is 3. The summed E-state index contributed by atoms with van der Waals surface area (Å²) in [5.41, 5.74) is 0. The Labute approximate surface area is 121 Å². The summed E-state index contributed by atoms with van der Waals surface area (Å²) < 4.78 is 5.32. The number of nitrogens with zero attached hydrogens (tertiary/aromatic N) is 1. The van der Waals surface area contributed by atoms with Gasteiger partial charge in [0.2, 0.25) is 0 Å². The molecule has 0 aliphatic carbocycles. The molecule has 1 heterocycles. The topological polar surface area (TPSA) is 120 Å². The van der Waals surface area contributed by atoms with Gasteiger partial charge in [0, 0.05) is 13.5 Å². The first-order chi connectivity index (χ1) is 9.79. The van der Waals surface area contributed by atoms with E-state index in [0.29, 0.717) is 11.5 Å². The van der Waals surface area contributed by atoms with E-state index in [4.69, 9.17) is 14.6 Å². The van der Waals surface area contributed by atoms with Crippen molar-refractivity contribution >= 4 is 18.0 Å². The fourth-order valence-electron chi connectivity index (χ4n) is 1.66. The number of rotatable bonds is 7. The van der Waals surface area contributed by atoms with Crippen molar-refractivity contribution in [2.45, 2.75) is 32.4 Å². The molecule has 0 unspecified atom stereocenters. The standard InChI is InChI=1S/C13H18N2O6/c1-8-3-4-9(21-8)7-15(2)13(20)14-10(12(18)19)5-6-11(16)17/h3-4,10H,5-7H2,1-2H3,(H,14,20)(H,16,17)(H,18,19)/t10-/m0/s1. The van der Waals surface area contributed by atoms with Crippen LogP contribution in [0.15, 0.2) is 16.5 Å². The van der Waals surface area contributed by atoms with Crippen molar-refractivity contribution in [3.63, 3.8) is 0 Å². The third-order valence-corrected chi connectivity index (χ3v) is 2.78. The summed E-state index contributed by atoms with van der Waals surface area (Å²) >= 11 is 0. The summed E-state index contributed by atoms with van der Waals surface area (Å²) in [5, 5.41) is 19.8. The highest BCUT2D eigenvalue weighted by molar-refractivity contribution is 5.82. The largest absolute Gasteiger partial charge is 0.481 e. The minimum Gasteiger partial charge on any atom is -0.481 e. The Kier molecular flexibility index (Phi) is 5.77. The average molecular weight is 298 g/mol. The molecule has 3 N–H and O–H groups in total. The molecule has 0 aromatic carbocycles. The molecule has 0 saturated heterocycles. The van der Waals surface area contributed by atoms with E-state index >= 15 is 0 Å². The Bertz CT molecular complexity index is 524. The Balaban J connectivity index is 2.55. The van der Waals surface area contributed by atoms with Gasteiger partial charge in [-0.05, 0) is 25.5 Å². The van der Waals surface area contributed by atoms with Crippen molar-refractivity contribution in [1.82, 2.24) is 10.2 Å². The smallest absolute Gasteiger partial charge is 0.326 e. The number of carboxylic acid groups (broad SMARTS) is 2. The van der Waals surface area contributed by atoms with Crippen molar-refractivity contribution < 1.29 is 29.0 Å². The number of urea groups is 1. The monoisotopic (exact) mass is 298 g/mol. The van der Waals surface area contributed by atoms with Crippen LogP contribution in [0.4, 0.5) is 4.79 Å². The molecule has 2 amide bonds. The molecule has 0 aliphatic heterocycles. The number of aryl methyl sites for hydroxylation is 1. The maximum absolute atomic E-state index is 11.9. The molecule has 0 radical (unpaired) electrons. The highest BCUT2D eigenvalue weighted by Crippen LogP contribution is 2.09. The van der Waals surface area contributed by atoms with Crippen LogP contribution in [0.2, 0.25) is 0 Å². The van der Waals surface area contributed by atoms with Crippen molar-refractivity contribution in [3.05, 3.63) is 23.7 Å². The highest BCUT2D eigenvalue weighted by Gasteiger charge is 2.22. The first kappa shape index (κ1) is 16.5. The van der Waals surface area contributed by atoms with Gasteiger partial charge < -0.3 is 24.8 Å². The van der Waals surface area contributed by atoms with Crippen LogP contribution in [0.5, 0.6) is 0 Å². The number of furan rings is 1. The lowest BCUT2D eigenvalue weighted by Crippen LogP contribution is -2.46. The third kappa shape index (κ3) is 5.55. The molecule has 0 fully saturated rings. The van der Waals surface area contributed by atoms with Gasteiger partial charge in [-0.25, -0.2) is 9.59 Å². The molecule has 0 saturated carbocycles. The van der Waals surface area contributed by atoms with Gasteiger partial charge in [-0.15, -0.1) is 0 Å². The molecular weight excluding hydrogens is 280 g/mol. The lowest BCUT2D eigenvalue weighted by molar-refractivity contribution is -0.140. The van der Waals surface area contributed by atoms with Crippen LogP contribution < -0.4 is 5.32 Å². The predicted molar refractivity (Wildman–Crippen MR) is 71.7 cm³/mol. The summed E-state index contributed by atoms with van der Waals surface area (Å²) in [6.45, 7) is 1.96. The SMILES string of the molecule is Cc1ccc(CN(C)C(=O)N[C@@H](CCC(=O)O)C(=O)O)o1. The van der Waals surface area contributed by atoms with Crippen LogP contribution in [0.25, 0.3) is 0 Å². The van der Waals surface area contributed by atoms with Crippen LogP contribution in [0.1, 0.15) is 24.4 Å². The minimum absolute atomic E-state index is 0.176. The Morgan fingerprint density at radius 1 is 1.33 bits per heavy atom. The molecule has 0 aliphatic rings. The van der Waals surface area contributed by atoms with E-state index in [1.54, 1.807) is 19.1 Å². The van der Waals surface area contributed by atoms with E-state index in [9.17, 15) is 14.4 Å². The van der Waals surface area contributed by atoms with E-state index in [1.165, 1.54) is 11.9 Å². The second-order valence-corrected chi connectivity index (χ2v) is 4.64. The second-order valence-electron chi connectivity index (χ2n) is 4.64. The molecule has 1 aromatic rings. The zero-order chi connectivity index (χ0) is 16.0. The fraction of sp³-hybridized carbons (Fsp3) is 0.462. The molecule has 8 nitrogen and oxygen atoms in total. The first-order valence-electron chi connectivity index (χ1n) is 6.31. The van der Waals surface area contributed by atoms with Gasteiger partial charge in [0.25, 0.3) is 0 Å². The van der Waals surface area contributed by atoms with E-state index in [0.717, 1.165) is 0 Å². The molecule has 1 atom stereocenters. The third-order valence-electron chi connectivity index (χ3n) is 2.78. The van der Waals surface area contributed by atoms with Crippen molar-refractivity contribution in [1.29, 1.82) is 0 Å². The normalized spacial score (nSPS) is 11.7. The van der Waals surface area contributed by atoms with Crippen LogP contribution in [-0.2, 0) is 16.1 Å². The number of nitrogens with one attached hydrogen (secondary N) is 1. The lowest BCUT2D eigenvalue weighted by Gasteiger charge is -2.20. The molecule has 0 bridgehead atoms. The number of amides is 2. The summed E-state index contributed by atoms with van der Waals surface area (Å²) in [4.78, 5) is 34.6. The molecule has 1 rings (SSSR count). The van der Waals surface area contributed by atoms with E-state index in [-0.39, 0.29) is 19.4 Å². The van der Waals surface area contributed by atoms with Crippen LogP contribution in [-0.4, -0.2) is 46.2 Å². The van der Waals surface area contributed by atoms with Gasteiger partial charge in [0.15, 0.2) is 0 Å². The van der Waals surface area contributed by atoms with Crippen molar-refractivity contribution in [2.75, 3.05) is 7.05 Å². The zero-order valence-corrected chi connectivity index (χ0v) is 11.8. The molecule has 21 heavy (non-hydrogen) atoms. The van der Waals surface area contributed by atoms with Crippen LogP contribution in [0.3, 0.4) is 0 Å². The van der Waals surface area contributed by atoms with Crippen molar-refractivity contribution in [2.24, 2.45) is 0 Å². The van der Waals surface area contributed by atoms with Crippen LogP contribution in [0, 0.1) is 6.92 Å². The lowest BCUT2D eigenvalue weighted by atomic mass is 10.1. The summed E-state index contributed by atoms with van der Waals surface area (Å²) in [6.07, 6.45) is -0.511. The van der Waals surface area contributed by atoms with Gasteiger partial charge in [-0.1, -0.05) is 0 Å². The first-order valence-corrected chi connectivity index (χ1v) is 6.31. The summed E-state index contributed by atoms with van der Waals surface area (Å²) in [5.74, 6) is -1.10. The Morgan fingerprint density at radius 2 is 2.00 bits per heavy atom. The quantitative estimate of drug-likeness (QED) is 0.692. The number of carboxylic acids is 2. The van der Waals surface area contributed by atoms with Crippen molar-refractivity contribution in [3.8, 4) is 0 Å². The van der Waals surface area contributed by atoms with Gasteiger partial charge in [-0.3, -0.25) is 4.79 Å². The maximum atomic E-state index is 11.9. The van der Waals surface area contributed by atoms with Gasteiger partial charge in [-0.2, -0.15) is 0 Å². The zero-order valence-electron chi connectivity index (χ0n) is 11.8. The summed E-state index contributed by atoms with van der Waals surface area (Å²) in [7, 11) is 1.49. The summed E-state index contributed by atoms with van der Waals surface area (Å²) in [6, 6.07) is 1.63. The molecular formula is C13H18N2O6. The minimum atomic E-state index is -1.27. The number of hydrogen-bond acceptors (Lipinski definition) is 4. The molecule has 1 aromatic heterocycles. The van der Waals surface area contributed by atoms with Gasteiger partial charge in [0.1, 0.15) is 17.6 Å². The van der Waals surface area contributed by atoms with E-state index in [1.807, 2.05) is 0 Å². The predicted octanol–water partition coefficient (Wildman–Crippen LogP) is 1.05. The maximum Gasteiger partial charge on any atom is 0.326 e. The molecule has 0 spiro atoms.